The van der Waals surface area contributed by atoms with Crippen molar-refractivity contribution in [2.45, 2.75) is 31.2 Å². The first-order valence-corrected chi connectivity index (χ1v) is 8.87. The molecule has 1 atom stereocenters. The second-order valence-corrected chi connectivity index (χ2v) is 7.86. The summed E-state index contributed by atoms with van der Waals surface area (Å²) >= 11 is 0. The zero-order chi connectivity index (χ0) is 17.7. The molecule has 7 nitrogen and oxygen atoms in total. The van der Waals surface area contributed by atoms with Crippen molar-refractivity contribution in [2.75, 3.05) is 10.8 Å². The molecular weight excluding hydrogens is 337 g/mol. The Morgan fingerprint density at radius 2 is 2.25 bits per heavy atom. The van der Waals surface area contributed by atoms with Crippen molar-refractivity contribution < 1.29 is 22.7 Å². The number of amides is 1. The van der Waals surface area contributed by atoms with Gasteiger partial charge in [0.15, 0.2) is 5.82 Å². The van der Waals surface area contributed by atoms with Gasteiger partial charge in [-0.1, -0.05) is 6.08 Å². The number of halogens is 1. The zero-order valence-electron chi connectivity index (χ0n) is 12.9. The lowest BCUT2D eigenvalue weighted by Gasteiger charge is -2.35. The number of anilines is 1. The summed E-state index contributed by atoms with van der Waals surface area (Å²) in [6.07, 6.45) is 3.42. The molecule has 1 heterocycles. The van der Waals surface area contributed by atoms with Crippen LogP contribution >= 0.6 is 0 Å². The molecule has 1 fully saturated rings. The number of carbonyl (C=O) groups is 1. The van der Waals surface area contributed by atoms with E-state index >= 15 is 4.39 Å². The van der Waals surface area contributed by atoms with Gasteiger partial charge in [0, 0.05) is 5.54 Å². The maximum atomic E-state index is 15.0. The largest absolute Gasteiger partial charge is 0.506 e. The molecule has 0 spiro atoms. The van der Waals surface area contributed by atoms with Crippen LogP contribution in [0.5, 0.6) is 5.75 Å². The maximum Gasteiger partial charge on any atom is 0.326 e. The molecule has 3 rings (SSSR count). The smallest absolute Gasteiger partial charge is 0.326 e. The van der Waals surface area contributed by atoms with Crippen LogP contribution in [0.2, 0.25) is 0 Å². The van der Waals surface area contributed by atoms with E-state index in [2.05, 4.69) is 6.58 Å². The number of carbonyl (C=O) groups excluding carboxylic acids is 1. The Hall–Kier alpha value is -2.13. The van der Waals surface area contributed by atoms with Crippen LogP contribution in [-0.2, 0) is 27.8 Å². The predicted molar refractivity (Wildman–Crippen MR) is 86.2 cm³/mol. The van der Waals surface area contributed by atoms with E-state index in [1.165, 1.54) is 6.07 Å². The first kappa shape index (κ1) is 16.7. The third-order valence-electron chi connectivity index (χ3n) is 4.46. The van der Waals surface area contributed by atoms with Crippen LogP contribution in [0.1, 0.15) is 24.0 Å². The Morgan fingerprint density at radius 1 is 1.54 bits per heavy atom. The number of phenols is 1. The number of nitrogens with two attached hydrogens (primary N) is 1. The summed E-state index contributed by atoms with van der Waals surface area (Å²) in [7, 11) is -4.21. The van der Waals surface area contributed by atoms with Gasteiger partial charge >= 0.3 is 10.2 Å². The number of nitrogens with zero attached hydrogens (tertiary/aromatic N) is 1. The fraction of sp³-hybridized carbons (Fsp3) is 0.400. The molecule has 1 unspecified atom stereocenters. The third-order valence-corrected chi connectivity index (χ3v) is 5.83. The summed E-state index contributed by atoms with van der Waals surface area (Å²) in [5, 5.41) is 10.1. The predicted octanol–water partition coefficient (Wildman–Crippen LogP) is 0.475. The van der Waals surface area contributed by atoms with E-state index in [1.54, 1.807) is 10.8 Å². The van der Waals surface area contributed by atoms with Crippen LogP contribution in [0.4, 0.5) is 10.1 Å². The van der Waals surface area contributed by atoms with E-state index in [1.807, 2.05) is 0 Å². The monoisotopic (exact) mass is 355 g/mol. The van der Waals surface area contributed by atoms with Crippen molar-refractivity contribution in [3.05, 3.63) is 35.7 Å². The molecule has 1 aromatic carbocycles. The van der Waals surface area contributed by atoms with E-state index in [9.17, 15) is 18.3 Å². The van der Waals surface area contributed by atoms with Crippen LogP contribution in [0.3, 0.4) is 0 Å². The van der Waals surface area contributed by atoms with E-state index in [4.69, 9.17) is 5.73 Å². The molecule has 1 aromatic rings. The summed E-state index contributed by atoms with van der Waals surface area (Å²) in [5.41, 5.74) is 5.95. The standard InChI is InChI=1S/C15H18FN3O4S/c1-2-4-15(17)5-3-9-6-11(20)14(13(16)10(9)7-15)19-8-12(21)18-24(19,22)23/h2,6,20H,1,3-5,7-8,17H2,(H,18,21). The first-order valence-electron chi connectivity index (χ1n) is 7.43. The molecule has 0 saturated carbocycles. The van der Waals surface area contributed by atoms with Gasteiger partial charge < -0.3 is 10.8 Å². The highest BCUT2D eigenvalue weighted by molar-refractivity contribution is 7.92. The van der Waals surface area contributed by atoms with Crippen molar-refractivity contribution >= 4 is 21.8 Å². The maximum absolute atomic E-state index is 15.0. The molecule has 0 aromatic heterocycles. The number of benzene rings is 1. The normalized spacial score (nSPS) is 25.2. The average molecular weight is 355 g/mol. The van der Waals surface area contributed by atoms with Gasteiger partial charge in [-0.25, -0.2) is 13.4 Å². The van der Waals surface area contributed by atoms with Crippen molar-refractivity contribution in [2.24, 2.45) is 5.73 Å². The summed E-state index contributed by atoms with van der Waals surface area (Å²) < 4.78 is 41.2. The zero-order valence-corrected chi connectivity index (χ0v) is 13.7. The van der Waals surface area contributed by atoms with E-state index in [0.29, 0.717) is 29.1 Å². The van der Waals surface area contributed by atoms with Crippen LogP contribution in [-0.4, -0.2) is 31.5 Å². The number of rotatable bonds is 3. The SMILES string of the molecule is C=CCC1(N)CCc2cc(O)c(N3CC(=O)NS3(=O)=O)c(F)c2C1. The molecule has 2 aliphatic rings. The van der Waals surface area contributed by atoms with Crippen molar-refractivity contribution in [3.8, 4) is 5.75 Å². The molecule has 9 heteroatoms. The topological polar surface area (TPSA) is 113 Å². The molecule has 1 aliphatic carbocycles. The summed E-state index contributed by atoms with van der Waals surface area (Å²) in [5.74, 6) is -2.16. The number of hydrogen-bond acceptors (Lipinski definition) is 5. The summed E-state index contributed by atoms with van der Waals surface area (Å²) in [6, 6.07) is 1.35. The van der Waals surface area contributed by atoms with Crippen molar-refractivity contribution in [3.63, 3.8) is 0 Å². The fourth-order valence-electron chi connectivity index (χ4n) is 3.30. The van der Waals surface area contributed by atoms with Crippen LogP contribution in [0.15, 0.2) is 18.7 Å². The molecule has 1 saturated heterocycles. The minimum absolute atomic E-state index is 0.197. The van der Waals surface area contributed by atoms with Crippen LogP contribution < -0.4 is 14.8 Å². The van der Waals surface area contributed by atoms with Gasteiger partial charge in [-0.05, 0) is 42.9 Å². The molecule has 0 radical (unpaired) electrons. The third kappa shape index (κ3) is 2.63. The lowest BCUT2D eigenvalue weighted by molar-refractivity contribution is -0.117. The molecule has 1 aliphatic heterocycles. The average Bonchev–Trinajstić information content (AvgIpc) is 2.73. The molecular formula is C15H18FN3O4S. The van der Waals surface area contributed by atoms with Gasteiger partial charge in [-0.2, -0.15) is 8.42 Å². The second-order valence-electron chi connectivity index (χ2n) is 6.26. The molecule has 130 valence electrons. The molecule has 4 N–H and O–H groups in total. The molecule has 24 heavy (non-hydrogen) atoms. The number of hydrogen-bond donors (Lipinski definition) is 3. The van der Waals surface area contributed by atoms with Crippen molar-refractivity contribution in [1.82, 2.24) is 4.72 Å². The van der Waals surface area contributed by atoms with Crippen molar-refractivity contribution in [1.29, 1.82) is 0 Å². The summed E-state index contributed by atoms with van der Waals surface area (Å²) in [6.45, 7) is 3.08. The molecule has 1 amide bonds. The van der Waals surface area contributed by atoms with Crippen LogP contribution in [0.25, 0.3) is 0 Å². The first-order chi connectivity index (χ1) is 11.2. The van der Waals surface area contributed by atoms with Gasteiger partial charge in [0.05, 0.1) is 0 Å². The molecule has 0 bridgehead atoms. The Bertz CT molecular complexity index is 840. The highest BCUT2D eigenvalue weighted by Crippen LogP contribution is 2.41. The van der Waals surface area contributed by atoms with Gasteiger partial charge in [0.2, 0.25) is 0 Å². The Morgan fingerprint density at radius 3 is 2.83 bits per heavy atom. The quantitative estimate of drug-likeness (QED) is 0.683. The van der Waals surface area contributed by atoms with E-state index < -0.39 is 45.5 Å². The summed E-state index contributed by atoms with van der Waals surface area (Å²) in [4.78, 5) is 11.4. The minimum atomic E-state index is -4.21. The Labute approximate surface area is 139 Å². The number of phenolic OH excluding ortho intramolecular Hbond substituents is 1. The second kappa shape index (κ2) is 5.45. The highest BCUT2D eigenvalue weighted by Gasteiger charge is 2.40. The Balaban J connectivity index is 2.11. The lowest BCUT2D eigenvalue weighted by atomic mass is 9.76. The highest BCUT2D eigenvalue weighted by atomic mass is 32.2. The number of aromatic hydroxyl groups is 1. The number of aryl methyl sites for hydroxylation is 1. The fourth-order valence-corrected chi connectivity index (χ4v) is 4.46. The Kier molecular flexibility index (Phi) is 3.80. The number of nitrogens with one attached hydrogen (secondary N) is 1. The van der Waals surface area contributed by atoms with Gasteiger partial charge in [0.1, 0.15) is 18.0 Å². The van der Waals surface area contributed by atoms with Gasteiger partial charge in [-0.15, -0.1) is 6.58 Å². The van der Waals surface area contributed by atoms with Gasteiger partial charge in [-0.3, -0.25) is 4.79 Å². The number of fused-ring (bicyclic) bond motifs is 1. The lowest BCUT2D eigenvalue weighted by Crippen LogP contribution is -2.45. The van der Waals surface area contributed by atoms with E-state index in [-0.39, 0.29) is 12.0 Å². The van der Waals surface area contributed by atoms with Gasteiger partial charge in [0.25, 0.3) is 5.91 Å². The van der Waals surface area contributed by atoms with E-state index in [0.717, 1.165) is 0 Å². The van der Waals surface area contributed by atoms with Crippen LogP contribution in [0, 0.1) is 5.82 Å². The minimum Gasteiger partial charge on any atom is -0.506 e.